The molecule has 9 heteroatoms. The molecule has 0 aliphatic carbocycles. The second-order valence-corrected chi connectivity index (χ2v) is 9.24. The number of furan rings is 1. The number of likely N-dealkylation sites (tertiary alicyclic amines) is 1. The molecule has 9 nitrogen and oxygen atoms in total. The summed E-state index contributed by atoms with van der Waals surface area (Å²) in [6.07, 6.45) is 0.881. The third-order valence-electron chi connectivity index (χ3n) is 6.83. The number of rotatable bonds is 6. The summed E-state index contributed by atoms with van der Waals surface area (Å²) in [4.78, 5) is 41.5. The molecule has 4 heterocycles. The van der Waals surface area contributed by atoms with Gasteiger partial charge in [0.15, 0.2) is 0 Å². The van der Waals surface area contributed by atoms with Crippen LogP contribution in [-0.2, 0) is 29.0 Å². The number of nitrogens with zero attached hydrogens (tertiary/aromatic N) is 3. The Bertz CT molecular complexity index is 1290. The Hall–Kier alpha value is -3.59. The number of methoxy groups -OCH3 is 1. The van der Waals surface area contributed by atoms with E-state index in [1.54, 1.807) is 16.5 Å². The molecule has 1 unspecified atom stereocenters. The second-order valence-electron chi connectivity index (χ2n) is 9.24. The number of esters is 1. The van der Waals surface area contributed by atoms with Crippen molar-refractivity contribution in [2.24, 2.45) is 5.92 Å². The van der Waals surface area contributed by atoms with Gasteiger partial charge in [0.2, 0.25) is 5.91 Å². The first kappa shape index (κ1) is 23.2. The number of carbonyl (C=O) groups is 2. The number of fused-ring (bicyclic) bond motifs is 2. The number of carbonyl (C=O) groups excluding carboxylic acids is 2. The van der Waals surface area contributed by atoms with Crippen LogP contribution in [0.1, 0.15) is 28.2 Å². The van der Waals surface area contributed by atoms with Crippen LogP contribution in [0.15, 0.2) is 45.6 Å². The second kappa shape index (κ2) is 9.58. The third kappa shape index (κ3) is 4.68. The first-order chi connectivity index (χ1) is 16.9. The molecule has 0 spiro atoms. The Kier molecular flexibility index (Phi) is 6.34. The highest BCUT2D eigenvalue weighted by atomic mass is 16.5. The van der Waals surface area contributed by atoms with Crippen molar-refractivity contribution < 1.29 is 23.5 Å². The molecule has 1 fully saturated rings. The molecule has 35 heavy (non-hydrogen) atoms. The van der Waals surface area contributed by atoms with Crippen LogP contribution < -0.4 is 10.3 Å². The van der Waals surface area contributed by atoms with Crippen molar-refractivity contribution in [3.05, 3.63) is 63.8 Å². The van der Waals surface area contributed by atoms with Crippen LogP contribution in [0.4, 0.5) is 0 Å². The van der Waals surface area contributed by atoms with Crippen molar-refractivity contribution in [3.63, 3.8) is 0 Å². The Balaban J connectivity index is 1.37. The molecule has 5 rings (SSSR count). The minimum absolute atomic E-state index is 0.0128. The summed E-state index contributed by atoms with van der Waals surface area (Å²) in [6, 6.07) is 11.3. The number of hydrogen-bond acceptors (Lipinski definition) is 7. The zero-order valence-corrected chi connectivity index (χ0v) is 20.0. The third-order valence-corrected chi connectivity index (χ3v) is 6.83. The Morgan fingerprint density at radius 2 is 1.97 bits per heavy atom. The lowest BCUT2D eigenvalue weighted by molar-refractivity contribution is -0.126. The lowest BCUT2D eigenvalue weighted by Crippen LogP contribution is -2.29. The first-order valence-electron chi connectivity index (χ1n) is 11.8. The molecule has 0 saturated carbocycles. The minimum atomic E-state index is -0.533. The Morgan fingerprint density at radius 3 is 2.71 bits per heavy atom. The van der Waals surface area contributed by atoms with Gasteiger partial charge in [-0.1, -0.05) is 18.2 Å². The summed E-state index contributed by atoms with van der Waals surface area (Å²) in [5, 5.41) is 1.06. The molecule has 1 saturated heterocycles. The molecule has 0 N–H and O–H groups in total. The molecule has 1 amide bonds. The first-order valence-corrected chi connectivity index (χ1v) is 11.8. The monoisotopic (exact) mass is 479 g/mol. The largest absolute Gasteiger partial charge is 0.492 e. The fourth-order valence-electron chi connectivity index (χ4n) is 5.00. The van der Waals surface area contributed by atoms with Crippen LogP contribution in [0.2, 0.25) is 0 Å². The summed E-state index contributed by atoms with van der Waals surface area (Å²) in [6.45, 7) is 3.18. The van der Waals surface area contributed by atoms with Gasteiger partial charge in [-0.2, -0.15) is 0 Å². The summed E-state index contributed by atoms with van der Waals surface area (Å²) in [7, 11) is 3.08. The van der Waals surface area contributed by atoms with Crippen LogP contribution in [0.5, 0.6) is 5.75 Å². The van der Waals surface area contributed by atoms with Gasteiger partial charge in [0, 0.05) is 69.1 Å². The molecular formula is C26H29N3O6. The van der Waals surface area contributed by atoms with Gasteiger partial charge in [0.25, 0.3) is 5.56 Å². The lowest BCUT2D eigenvalue weighted by atomic mass is 10.1. The fourth-order valence-corrected chi connectivity index (χ4v) is 5.00. The molecule has 0 radical (unpaired) electrons. The van der Waals surface area contributed by atoms with Gasteiger partial charge >= 0.3 is 5.97 Å². The molecule has 2 aliphatic rings. The topological polar surface area (TPSA) is 94.2 Å². The summed E-state index contributed by atoms with van der Waals surface area (Å²) in [5.74, 6) is 0.630. The van der Waals surface area contributed by atoms with E-state index in [9.17, 15) is 14.4 Å². The summed E-state index contributed by atoms with van der Waals surface area (Å²) >= 11 is 0. The molecule has 184 valence electrons. The molecular weight excluding hydrogens is 450 g/mol. The van der Waals surface area contributed by atoms with E-state index in [1.807, 2.05) is 30.3 Å². The minimum Gasteiger partial charge on any atom is -0.492 e. The molecule has 0 bridgehead atoms. The van der Waals surface area contributed by atoms with Gasteiger partial charge in [0.1, 0.15) is 22.7 Å². The maximum atomic E-state index is 13.0. The standard InChI is InChI=1S/C26H29N3O6/c1-27-14-17(11-23(27)30)16-34-22-13-24(31)29-10-9-28(8-7-20(29)25(22)26(32)33-2)15-19-12-18-5-3-4-6-21(18)35-19/h3-6,12-13,17H,7-11,14-16H2,1-2H3. The average molecular weight is 480 g/mol. The predicted molar refractivity (Wildman–Crippen MR) is 128 cm³/mol. The van der Waals surface area contributed by atoms with Crippen molar-refractivity contribution in [3.8, 4) is 5.75 Å². The molecule has 1 aromatic carbocycles. The molecule has 2 aromatic heterocycles. The van der Waals surface area contributed by atoms with Gasteiger partial charge in [0.05, 0.1) is 20.3 Å². The van der Waals surface area contributed by atoms with Gasteiger partial charge < -0.3 is 23.4 Å². The fraction of sp³-hybridized carbons (Fsp3) is 0.423. The smallest absolute Gasteiger partial charge is 0.343 e. The van der Waals surface area contributed by atoms with Crippen molar-refractivity contribution in [1.82, 2.24) is 14.4 Å². The van der Waals surface area contributed by atoms with E-state index in [4.69, 9.17) is 13.9 Å². The predicted octanol–water partition coefficient (Wildman–Crippen LogP) is 2.30. The number of ether oxygens (including phenoxy) is 2. The van der Waals surface area contributed by atoms with Gasteiger partial charge in [-0.3, -0.25) is 14.5 Å². The normalized spacial score (nSPS) is 18.5. The number of aromatic nitrogens is 1. The zero-order chi connectivity index (χ0) is 24.5. The maximum Gasteiger partial charge on any atom is 0.343 e. The summed E-state index contributed by atoms with van der Waals surface area (Å²) in [5.41, 5.74) is 1.54. The molecule has 2 aliphatic heterocycles. The van der Waals surface area contributed by atoms with E-state index >= 15 is 0 Å². The average Bonchev–Trinajstić information content (AvgIpc) is 3.32. The number of benzene rings is 1. The van der Waals surface area contributed by atoms with E-state index < -0.39 is 5.97 Å². The zero-order valence-electron chi connectivity index (χ0n) is 20.0. The number of pyridine rings is 1. The van der Waals surface area contributed by atoms with Crippen molar-refractivity contribution >= 4 is 22.8 Å². The van der Waals surface area contributed by atoms with E-state index in [1.165, 1.54) is 13.2 Å². The van der Waals surface area contributed by atoms with Crippen LogP contribution in [0.25, 0.3) is 11.0 Å². The molecule has 3 aromatic rings. The van der Waals surface area contributed by atoms with E-state index in [2.05, 4.69) is 4.90 Å². The van der Waals surface area contributed by atoms with Crippen molar-refractivity contribution in [2.45, 2.75) is 25.9 Å². The van der Waals surface area contributed by atoms with Gasteiger partial charge in [-0.15, -0.1) is 0 Å². The highest BCUT2D eigenvalue weighted by molar-refractivity contribution is 5.93. The maximum absolute atomic E-state index is 13.0. The molecule has 1 atom stereocenters. The van der Waals surface area contributed by atoms with Crippen molar-refractivity contribution in [2.75, 3.05) is 40.4 Å². The lowest BCUT2D eigenvalue weighted by Gasteiger charge is -2.18. The Morgan fingerprint density at radius 1 is 1.14 bits per heavy atom. The van der Waals surface area contributed by atoms with E-state index in [0.29, 0.717) is 51.3 Å². The SMILES string of the molecule is COC(=O)c1c(OCC2CC(=O)N(C)C2)cc(=O)n2c1CCN(Cc1cc3ccccc3o1)CC2. The summed E-state index contributed by atoms with van der Waals surface area (Å²) < 4.78 is 18.6. The number of para-hydroxylation sites is 1. The van der Waals surface area contributed by atoms with E-state index in [-0.39, 0.29) is 35.3 Å². The Labute approximate surface area is 202 Å². The van der Waals surface area contributed by atoms with Gasteiger partial charge in [-0.25, -0.2) is 4.79 Å². The van der Waals surface area contributed by atoms with Crippen LogP contribution >= 0.6 is 0 Å². The van der Waals surface area contributed by atoms with Crippen LogP contribution in [0, 0.1) is 5.92 Å². The number of amides is 1. The quantitative estimate of drug-likeness (QED) is 0.501. The highest BCUT2D eigenvalue weighted by Crippen LogP contribution is 2.27. The van der Waals surface area contributed by atoms with Crippen LogP contribution in [0.3, 0.4) is 0 Å². The van der Waals surface area contributed by atoms with Crippen LogP contribution in [-0.4, -0.2) is 66.6 Å². The highest BCUT2D eigenvalue weighted by Gasteiger charge is 2.30. The van der Waals surface area contributed by atoms with Gasteiger partial charge in [-0.05, 0) is 12.1 Å². The number of hydrogen-bond donors (Lipinski definition) is 0. The van der Waals surface area contributed by atoms with E-state index in [0.717, 1.165) is 16.7 Å². The van der Waals surface area contributed by atoms with Crippen molar-refractivity contribution in [1.29, 1.82) is 0 Å².